The molecule has 1 heteroatoms. The summed E-state index contributed by atoms with van der Waals surface area (Å²) in [6.45, 7) is 12.6. The molecule has 80 valence electrons. The van der Waals surface area contributed by atoms with Crippen LogP contribution in [0, 0.1) is 11.8 Å². The molecule has 0 saturated heterocycles. The van der Waals surface area contributed by atoms with Crippen molar-refractivity contribution in [3.63, 3.8) is 0 Å². The number of nitrogens with one attached hydrogen (secondary N) is 1. The van der Waals surface area contributed by atoms with Crippen LogP contribution in [-0.2, 0) is 0 Å². The molecule has 0 saturated carbocycles. The molecule has 0 aliphatic carbocycles. The van der Waals surface area contributed by atoms with Crippen molar-refractivity contribution in [2.24, 2.45) is 11.8 Å². The van der Waals surface area contributed by atoms with Crippen LogP contribution in [0.15, 0.2) is 0 Å². The predicted molar refractivity (Wildman–Crippen MR) is 61.0 cm³/mol. The molecule has 0 aromatic rings. The average molecular weight is 185 g/mol. The molecule has 0 rings (SSSR count). The highest BCUT2D eigenvalue weighted by Crippen LogP contribution is 2.19. The maximum Gasteiger partial charge on any atom is 0.00103 e. The molecule has 0 aliphatic rings. The topological polar surface area (TPSA) is 12.0 Å². The van der Waals surface area contributed by atoms with Crippen molar-refractivity contribution >= 4 is 0 Å². The van der Waals surface area contributed by atoms with Crippen LogP contribution < -0.4 is 5.32 Å². The molecule has 0 fully saturated rings. The van der Waals surface area contributed by atoms with Gasteiger partial charge in [-0.05, 0) is 24.8 Å². The molecular formula is C12H27N. The van der Waals surface area contributed by atoms with Crippen LogP contribution in [0.4, 0.5) is 0 Å². The molecule has 0 heterocycles. The normalized spacial score (nSPS) is 16.2. The van der Waals surface area contributed by atoms with Gasteiger partial charge in [0.05, 0.1) is 0 Å². The molecule has 2 atom stereocenters. The van der Waals surface area contributed by atoms with Crippen molar-refractivity contribution in [2.75, 3.05) is 6.54 Å². The summed E-state index contributed by atoms with van der Waals surface area (Å²) >= 11 is 0. The van der Waals surface area contributed by atoms with Gasteiger partial charge in [-0.15, -0.1) is 0 Å². The molecule has 0 radical (unpaired) electrons. The van der Waals surface area contributed by atoms with E-state index < -0.39 is 0 Å². The van der Waals surface area contributed by atoms with Gasteiger partial charge in [-0.1, -0.05) is 47.5 Å². The fourth-order valence-corrected chi connectivity index (χ4v) is 1.62. The van der Waals surface area contributed by atoms with Crippen molar-refractivity contribution in [2.45, 2.75) is 59.9 Å². The average Bonchev–Trinajstić information content (AvgIpc) is 2.04. The molecule has 0 aromatic heterocycles. The van der Waals surface area contributed by atoms with E-state index in [9.17, 15) is 0 Å². The second kappa shape index (κ2) is 7.37. The summed E-state index contributed by atoms with van der Waals surface area (Å²) in [6.07, 6.45) is 4.02. The first-order valence-electron chi connectivity index (χ1n) is 5.81. The van der Waals surface area contributed by atoms with Gasteiger partial charge in [-0.25, -0.2) is 0 Å². The van der Waals surface area contributed by atoms with Crippen LogP contribution in [0.2, 0.25) is 0 Å². The Hall–Kier alpha value is -0.0400. The van der Waals surface area contributed by atoms with E-state index in [0.29, 0.717) is 6.04 Å². The Morgan fingerprint density at radius 1 is 0.923 bits per heavy atom. The van der Waals surface area contributed by atoms with Gasteiger partial charge in [-0.2, -0.15) is 0 Å². The third kappa shape index (κ3) is 7.06. The van der Waals surface area contributed by atoms with Gasteiger partial charge in [0, 0.05) is 6.04 Å². The van der Waals surface area contributed by atoms with Gasteiger partial charge in [0.15, 0.2) is 0 Å². The van der Waals surface area contributed by atoms with Crippen LogP contribution in [0.1, 0.15) is 53.9 Å². The quantitative estimate of drug-likeness (QED) is 0.640. The standard InChI is InChI=1S/C12H27N/c1-6-7-11(4)12(5)8-9-13-10(2)3/h10-13H,6-9H2,1-5H3/t11-,12-/m0/s1. The first kappa shape index (κ1) is 13.0. The van der Waals surface area contributed by atoms with E-state index in [0.717, 1.165) is 11.8 Å². The van der Waals surface area contributed by atoms with E-state index in [1.54, 1.807) is 0 Å². The number of hydrogen-bond acceptors (Lipinski definition) is 1. The van der Waals surface area contributed by atoms with Crippen molar-refractivity contribution < 1.29 is 0 Å². The molecular weight excluding hydrogens is 158 g/mol. The predicted octanol–water partition coefficient (Wildman–Crippen LogP) is 3.45. The fourth-order valence-electron chi connectivity index (χ4n) is 1.62. The maximum atomic E-state index is 3.47. The molecule has 13 heavy (non-hydrogen) atoms. The summed E-state index contributed by atoms with van der Waals surface area (Å²) in [5.41, 5.74) is 0. The van der Waals surface area contributed by atoms with Gasteiger partial charge in [0.1, 0.15) is 0 Å². The summed E-state index contributed by atoms with van der Waals surface area (Å²) in [4.78, 5) is 0. The zero-order valence-corrected chi connectivity index (χ0v) is 10.1. The molecule has 1 N–H and O–H groups in total. The SMILES string of the molecule is CCC[C@H](C)[C@@H](C)CCNC(C)C. The molecule has 0 bridgehead atoms. The van der Waals surface area contributed by atoms with Gasteiger partial charge in [0.25, 0.3) is 0 Å². The summed E-state index contributed by atoms with van der Waals surface area (Å²) in [5, 5.41) is 3.47. The fraction of sp³-hybridized carbons (Fsp3) is 1.00. The summed E-state index contributed by atoms with van der Waals surface area (Å²) in [5.74, 6) is 1.75. The largest absolute Gasteiger partial charge is 0.315 e. The Labute approximate surface area is 84.3 Å². The van der Waals surface area contributed by atoms with Crippen molar-refractivity contribution in [3.05, 3.63) is 0 Å². The van der Waals surface area contributed by atoms with Crippen LogP contribution in [0.5, 0.6) is 0 Å². The third-order valence-electron chi connectivity index (χ3n) is 2.87. The molecule has 1 nitrogen and oxygen atoms in total. The van der Waals surface area contributed by atoms with E-state index in [-0.39, 0.29) is 0 Å². The van der Waals surface area contributed by atoms with Crippen molar-refractivity contribution in [1.29, 1.82) is 0 Å². The zero-order chi connectivity index (χ0) is 10.3. The Morgan fingerprint density at radius 3 is 1.92 bits per heavy atom. The first-order valence-corrected chi connectivity index (χ1v) is 5.81. The second-order valence-corrected chi connectivity index (χ2v) is 4.64. The first-order chi connectivity index (χ1) is 6.07. The molecule has 0 unspecified atom stereocenters. The molecule has 0 amide bonds. The Bertz CT molecular complexity index is 110. The smallest absolute Gasteiger partial charge is 0.00103 e. The highest BCUT2D eigenvalue weighted by Gasteiger charge is 2.10. The highest BCUT2D eigenvalue weighted by molar-refractivity contribution is 4.64. The molecule has 0 aliphatic heterocycles. The lowest BCUT2D eigenvalue weighted by Gasteiger charge is -2.20. The Morgan fingerprint density at radius 2 is 1.46 bits per heavy atom. The zero-order valence-electron chi connectivity index (χ0n) is 10.1. The number of rotatable bonds is 7. The van der Waals surface area contributed by atoms with E-state index >= 15 is 0 Å². The highest BCUT2D eigenvalue weighted by atomic mass is 14.9. The van der Waals surface area contributed by atoms with Crippen molar-refractivity contribution in [1.82, 2.24) is 5.32 Å². The van der Waals surface area contributed by atoms with Crippen LogP contribution in [0.25, 0.3) is 0 Å². The van der Waals surface area contributed by atoms with E-state index in [1.807, 2.05) is 0 Å². The maximum absolute atomic E-state index is 3.47. The number of hydrogen-bond donors (Lipinski definition) is 1. The van der Waals surface area contributed by atoms with Crippen LogP contribution >= 0.6 is 0 Å². The lowest BCUT2D eigenvalue weighted by molar-refractivity contribution is 0.332. The lowest BCUT2D eigenvalue weighted by atomic mass is 9.89. The van der Waals surface area contributed by atoms with Crippen LogP contribution in [0.3, 0.4) is 0 Å². The van der Waals surface area contributed by atoms with Gasteiger partial charge in [-0.3, -0.25) is 0 Å². The van der Waals surface area contributed by atoms with Crippen LogP contribution in [-0.4, -0.2) is 12.6 Å². The van der Waals surface area contributed by atoms with Gasteiger partial charge >= 0.3 is 0 Å². The lowest BCUT2D eigenvalue weighted by Crippen LogP contribution is -2.26. The minimum atomic E-state index is 0.633. The van der Waals surface area contributed by atoms with Gasteiger partial charge < -0.3 is 5.32 Å². The third-order valence-corrected chi connectivity index (χ3v) is 2.87. The van der Waals surface area contributed by atoms with E-state index in [1.165, 1.54) is 25.8 Å². The van der Waals surface area contributed by atoms with Crippen molar-refractivity contribution in [3.8, 4) is 0 Å². The molecule has 0 spiro atoms. The van der Waals surface area contributed by atoms with E-state index in [4.69, 9.17) is 0 Å². The Balaban J connectivity index is 3.43. The van der Waals surface area contributed by atoms with E-state index in [2.05, 4.69) is 39.9 Å². The second-order valence-electron chi connectivity index (χ2n) is 4.64. The van der Waals surface area contributed by atoms with Gasteiger partial charge in [0.2, 0.25) is 0 Å². The minimum Gasteiger partial charge on any atom is -0.315 e. The monoisotopic (exact) mass is 185 g/mol. The summed E-state index contributed by atoms with van der Waals surface area (Å²) in [6, 6.07) is 0.633. The minimum absolute atomic E-state index is 0.633. The molecule has 0 aromatic carbocycles. The summed E-state index contributed by atoms with van der Waals surface area (Å²) in [7, 11) is 0. The summed E-state index contributed by atoms with van der Waals surface area (Å²) < 4.78 is 0. The Kier molecular flexibility index (Phi) is 7.35.